The van der Waals surface area contributed by atoms with Crippen LogP contribution >= 0.6 is 0 Å². The topological polar surface area (TPSA) is 89.8 Å². The molecular formula is C9H11N5O. The smallest absolute Gasteiger partial charge is 0.163 e. The molecule has 0 bridgehead atoms. The van der Waals surface area contributed by atoms with Gasteiger partial charge in [0.25, 0.3) is 0 Å². The maximum atomic E-state index is 9.19. The van der Waals surface area contributed by atoms with Gasteiger partial charge in [-0.1, -0.05) is 0 Å². The van der Waals surface area contributed by atoms with Gasteiger partial charge in [-0.05, 0) is 12.8 Å². The molecule has 0 unspecified atom stereocenters. The van der Waals surface area contributed by atoms with E-state index in [-0.39, 0.29) is 6.61 Å². The van der Waals surface area contributed by atoms with Gasteiger partial charge in [-0.2, -0.15) is 5.10 Å². The van der Waals surface area contributed by atoms with Crippen molar-refractivity contribution < 1.29 is 5.11 Å². The lowest BCUT2D eigenvalue weighted by Gasteiger charge is -1.98. The summed E-state index contributed by atoms with van der Waals surface area (Å²) in [5.74, 6) is 0.385. The van der Waals surface area contributed by atoms with Crippen molar-refractivity contribution in [1.82, 2.24) is 19.7 Å². The third kappa shape index (κ3) is 1.18. The maximum Gasteiger partial charge on any atom is 0.163 e. The highest BCUT2D eigenvalue weighted by molar-refractivity contribution is 5.88. The van der Waals surface area contributed by atoms with Gasteiger partial charge in [-0.3, -0.25) is 0 Å². The summed E-state index contributed by atoms with van der Waals surface area (Å²) in [5, 5.41) is 14.2. The van der Waals surface area contributed by atoms with Crippen molar-refractivity contribution in [1.29, 1.82) is 0 Å². The van der Waals surface area contributed by atoms with Crippen LogP contribution in [0.5, 0.6) is 0 Å². The Balaban J connectivity index is 2.33. The minimum atomic E-state index is -0.131. The monoisotopic (exact) mass is 205 g/mol. The van der Waals surface area contributed by atoms with Crippen molar-refractivity contribution in [3.63, 3.8) is 0 Å². The van der Waals surface area contributed by atoms with E-state index in [9.17, 15) is 5.11 Å². The average molecular weight is 205 g/mol. The predicted octanol–water partition coefficient (Wildman–Crippen LogP) is 0.236. The first kappa shape index (κ1) is 8.60. The first-order chi connectivity index (χ1) is 7.31. The molecule has 0 amide bonds. The van der Waals surface area contributed by atoms with Crippen molar-refractivity contribution in [3.8, 4) is 0 Å². The number of aromatic nitrogens is 4. The van der Waals surface area contributed by atoms with Crippen LogP contribution in [0.2, 0.25) is 0 Å². The number of hydrogen-bond donors (Lipinski definition) is 2. The van der Waals surface area contributed by atoms with Crippen molar-refractivity contribution in [2.45, 2.75) is 25.5 Å². The second kappa shape index (κ2) is 2.90. The Bertz CT molecular complexity index is 516. The number of hydrogen-bond acceptors (Lipinski definition) is 5. The second-order valence-corrected chi connectivity index (χ2v) is 3.74. The number of anilines is 1. The SMILES string of the molecule is Nc1ncnc2c1c(CO)nn2C1CC1. The summed E-state index contributed by atoms with van der Waals surface area (Å²) in [5.41, 5.74) is 7.05. The molecule has 78 valence electrons. The number of rotatable bonds is 2. The highest BCUT2D eigenvalue weighted by Crippen LogP contribution is 2.37. The third-order valence-electron chi connectivity index (χ3n) is 2.63. The molecule has 0 saturated heterocycles. The molecule has 6 heteroatoms. The van der Waals surface area contributed by atoms with Gasteiger partial charge < -0.3 is 10.8 Å². The number of nitrogens with two attached hydrogens (primary N) is 1. The summed E-state index contributed by atoms with van der Waals surface area (Å²) < 4.78 is 1.85. The van der Waals surface area contributed by atoms with Crippen LogP contribution in [0.3, 0.4) is 0 Å². The summed E-state index contributed by atoms with van der Waals surface area (Å²) in [6.07, 6.45) is 3.66. The van der Waals surface area contributed by atoms with E-state index in [4.69, 9.17) is 5.73 Å². The molecule has 3 N–H and O–H groups in total. The molecule has 0 aromatic carbocycles. The molecule has 6 nitrogen and oxygen atoms in total. The summed E-state index contributed by atoms with van der Waals surface area (Å²) in [6.45, 7) is -0.131. The number of nitrogens with zero attached hydrogens (tertiary/aromatic N) is 4. The Hall–Kier alpha value is -1.69. The molecule has 15 heavy (non-hydrogen) atoms. The van der Waals surface area contributed by atoms with Gasteiger partial charge in [0.2, 0.25) is 0 Å². The lowest BCUT2D eigenvalue weighted by molar-refractivity contribution is 0.276. The molecule has 2 aromatic rings. The molecule has 1 aliphatic carbocycles. The van der Waals surface area contributed by atoms with Crippen molar-refractivity contribution in [3.05, 3.63) is 12.0 Å². The summed E-state index contributed by atoms with van der Waals surface area (Å²) in [6, 6.07) is 0.419. The minimum absolute atomic E-state index is 0.131. The van der Waals surface area contributed by atoms with Crippen molar-refractivity contribution in [2.75, 3.05) is 5.73 Å². The normalized spacial score (nSPS) is 16.1. The minimum Gasteiger partial charge on any atom is -0.390 e. The van der Waals surface area contributed by atoms with Crippen LogP contribution in [0.25, 0.3) is 11.0 Å². The van der Waals surface area contributed by atoms with E-state index >= 15 is 0 Å². The molecule has 0 aliphatic heterocycles. The highest BCUT2D eigenvalue weighted by Gasteiger charge is 2.28. The first-order valence-corrected chi connectivity index (χ1v) is 4.89. The zero-order valence-electron chi connectivity index (χ0n) is 8.09. The zero-order chi connectivity index (χ0) is 10.4. The van der Waals surface area contributed by atoms with E-state index in [1.807, 2.05) is 4.68 Å². The van der Waals surface area contributed by atoms with Crippen LogP contribution in [0.1, 0.15) is 24.6 Å². The molecule has 2 heterocycles. The van der Waals surface area contributed by atoms with E-state index in [0.29, 0.717) is 22.9 Å². The molecule has 3 rings (SSSR count). The van der Waals surface area contributed by atoms with Crippen LogP contribution in [-0.2, 0) is 6.61 Å². The molecular weight excluding hydrogens is 194 g/mol. The largest absolute Gasteiger partial charge is 0.390 e. The van der Waals surface area contributed by atoms with Gasteiger partial charge in [-0.15, -0.1) is 0 Å². The number of aliphatic hydroxyl groups excluding tert-OH is 1. The average Bonchev–Trinajstić information content (AvgIpc) is 3.00. The van der Waals surface area contributed by atoms with E-state index in [2.05, 4.69) is 15.1 Å². The van der Waals surface area contributed by atoms with Crippen LogP contribution in [0, 0.1) is 0 Å². The first-order valence-electron chi connectivity index (χ1n) is 4.89. The summed E-state index contributed by atoms with van der Waals surface area (Å²) in [4.78, 5) is 8.08. The fourth-order valence-electron chi connectivity index (χ4n) is 1.75. The molecule has 1 aliphatic rings. The number of fused-ring (bicyclic) bond motifs is 1. The highest BCUT2D eigenvalue weighted by atomic mass is 16.3. The lowest BCUT2D eigenvalue weighted by Crippen LogP contribution is -1.98. The van der Waals surface area contributed by atoms with Gasteiger partial charge >= 0.3 is 0 Å². The van der Waals surface area contributed by atoms with Gasteiger partial charge in [-0.25, -0.2) is 14.6 Å². The van der Waals surface area contributed by atoms with Gasteiger partial charge in [0.1, 0.15) is 17.8 Å². The quantitative estimate of drug-likeness (QED) is 0.732. The van der Waals surface area contributed by atoms with Crippen LogP contribution in [-0.4, -0.2) is 24.9 Å². The molecule has 0 spiro atoms. The van der Waals surface area contributed by atoms with Gasteiger partial charge in [0, 0.05) is 0 Å². The standard InChI is InChI=1S/C9H11N5O/c10-8-7-6(3-15)13-14(5-1-2-5)9(7)12-4-11-8/h4-5,15H,1-3H2,(H2,10,11,12). The molecule has 2 aromatic heterocycles. The molecule has 0 atom stereocenters. The van der Waals surface area contributed by atoms with E-state index in [1.54, 1.807) is 0 Å². The van der Waals surface area contributed by atoms with Crippen molar-refractivity contribution in [2.24, 2.45) is 0 Å². The van der Waals surface area contributed by atoms with E-state index < -0.39 is 0 Å². The van der Waals surface area contributed by atoms with Gasteiger partial charge in [0.15, 0.2) is 5.65 Å². The Morgan fingerprint density at radius 2 is 2.27 bits per heavy atom. The van der Waals surface area contributed by atoms with E-state index in [1.165, 1.54) is 6.33 Å². The third-order valence-corrected chi connectivity index (χ3v) is 2.63. The summed E-state index contributed by atoms with van der Waals surface area (Å²) >= 11 is 0. The lowest BCUT2D eigenvalue weighted by atomic mass is 10.3. The Morgan fingerprint density at radius 1 is 1.47 bits per heavy atom. The van der Waals surface area contributed by atoms with Crippen molar-refractivity contribution >= 4 is 16.9 Å². The van der Waals surface area contributed by atoms with Crippen LogP contribution in [0.4, 0.5) is 5.82 Å². The fraction of sp³-hybridized carbons (Fsp3) is 0.444. The predicted molar refractivity (Wildman–Crippen MR) is 53.9 cm³/mol. The molecule has 1 saturated carbocycles. The van der Waals surface area contributed by atoms with Crippen LogP contribution in [0.15, 0.2) is 6.33 Å². The Morgan fingerprint density at radius 3 is 2.93 bits per heavy atom. The summed E-state index contributed by atoms with van der Waals surface area (Å²) in [7, 11) is 0. The number of aliphatic hydroxyl groups is 1. The van der Waals surface area contributed by atoms with Gasteiger partial charge in [0.05, 0.1) is 18.0 Å². The Kier molecular flexibility index (Phi) is 1.66. The fourth-order valence-corrected chi connectivity index (χ4v) is 1.75. The number of nitrogen functional groups attached to an aromatic ring is 1. The second-order valence-electron chi connectivity index (χ2n) is 3.74. The maximum absolute atomic E-state index is 9.19. The molecule has 1 fully saturated rings. The van der Waals surface area contributed by atoms with E-state index in [0.717, 1.165) is 18.5 Å². The Labute approximate surface area is 85.7 Å². The molecule has 0 radical (unpaired) electrons. The zero-order valence-corrected chi connectivity index (χ0v) is 8.09. The van der Waals surface area contributed by atoms with Crippen LogP contribution < -0.4 is 5.73 Å².